The van der Waals surface area contributed by atoms with Gasteiger partial charge in [-0.2, -0.15) is 26.3 Å². The first-order valence-corrected chi connectivity index (χ1v) is 10.8. The van der Waals surface area contributed by atoms with Crippen LogP contribution in [-0.2, 0) is 33.0 Å². The molecule has 35 heavy (non-hydrogen) atoms. The molecule has 0 amide bonds. The average molecular weight is 504 g/mol. The summed E-state index contributed by atoms with van der Waals surface area (Å²) in [4.78, 5) is 12.0. The lowest BCUT2D eigenvalue weighted by atomic mass is 10.00. The highest BCUT2D eigenvalue weighted by molar-refractivity contribution is 5.75. The maximum Gasteiger partial charge on any atom is 0.416 e. The molecule has 0 heterocycles. The van der Waals surface area contributed by atoms with Crippen LogP contribution in [0.4, 0.5) is 26.3 Å². The molecule has 4 nitrogen and oxygen atoms in total. The molecular formula is C25H26F6O4. The zero-order valence-corrected chi connectivity index (χ0v) is 19.4. The van der Waals surface area contributed by atoms with Gasteiger partial charge in [0.1, 0.15) is 12.4 Å². The summed E-state index contributed by atoms with van der Waals surface area (Å²) in [5, 5.41) is 0. The Morgan fingerprint density at radius 3 is 1.97 bits per heavy atom. The van der Waals surface area contributed by atoms with Gasteiger partial charge in [0.05, 0.1) is 17.7 Å². The minimum Gasteiger partial charge on any atom is -0.490 e. The minimum atomic E-state index is -4.91. The van der Waals surface area contributed by atoms with Gasteiger partial charge in [0.25, 0.3) is 0 Å². The second-order valence-electron chi connectivity index (χ2n) is 7.54. The quantitative estimate of drug-likeness (QED) is 0.266. The van der Waals surface area contributed by atoms with Gasteiger partial charge in [0.15, 0.2) is 6.10 Å². The number of hydrogen-bond donors (Lipinski definition) is 0. The highest BCUT2D eigenvalue weighted by Gasteiger charge is 2.37. The van der Waals surface area contributed by atoms with Crippen molar-refractivity contribution in [2.24, 2.45) is 0 Å². The third-order valence-electron chi connectivity index (χ3n) is 4.94. The van der Waals surface area contributed by atoms with E-state index in [1.54, 1.807) is 38.1 Å². The molecule has 0 aliphatic heterocycles. The highest BCUT2D eigenvalue weighted by atomic mass is 19.4. The molecule has 1 atom stereocenters. The molecule has 0 bridgehead atoms. The van der Waals surface area contributed by atoms with E-state index >= 15 is 0 Å². The molecule has 0 aliphatic carbocycles. The van der Waals surface area contributed by atoms with Gasteiger partial charge >= 0.3 is 18.3 Å². The van der Waals surface area contributed by atoms with Crippen molar-refractivity contribution in [3.8, 4) is 5.75 Å². The van der Waals surface area contributed by atoms with Crippen molar-refractivity contribution >= 4 is 11.5 Å². The van der Waals surface area contributed by atoms with E-state index in [2.05, 4.69) is 0 Å². The van der Waals surface area contributed by atoms with Gasteiger partial charge in [0.2, 0.25) is 0 Å². The fraction of sp³-hybridized carbons (Fsp3) is 0.400. The molecule has 0 N–H and O–H groups in total. The van der Waals surface area contributed by atoms with Crippen LogP contribution in [0.25, 0.3) is 5.57 Å². The molecule has 0 saturated carbocycles. The van der Waals surface area contributed by atoms with E-state index in [0.29, 0.717) is 30.9 Å². The lowest BCUT2D eigenvalue weighted by molar-refractivity contribution is -0.156. The fourth-order valence-corrected chi connectivity index (χ4v) is 3.15. The number of carbonyl (C=O) groups excluding carboxylic acids is 1. The van der Waals surface area contributed by atoms with Crippen molar-refractivity contribution in [3.05, 3.63) is 70.8 Å². The predicted molar refractivity (Wildman–Crippen MR) is 118 cm³/mol. The summed E-state index contributed by atoms with van der Waals surface area (Å²) in [7, 11) is 0. The standard InChI is InChI=1S/C25H26F6O4/c1-4-33-22(23(32)34-5-2)12-17-6-8-21(9-7-17)35-11-10-16(3)18-13-19(24(26,27)28)15-20(14-18)25(29,30)31/h6-10,13-15,22H,4-5,11-12H2,1-3H3. The molecule has 192 valence electrons. The Kier molecular flexibility index (Phi) is 9.76. The Bertz CT molecular complexity index is 978. The summed E-state index contributed by atoms with van der Waals surface area (Å²) in [6.45, 7) is 5.37. The summed E-state index contributed by atoms with van der Waals surface area (Å²) < 4.78 is 94.4. The third kappa shape index (κ3) is 8.61. The van der Waals surface area contributed by atoms with E-state index in [1.165, 1.54) is 13.0 Å². The molecular weight excluding hydrogens is 478 g/mol. The molecule has 2 aromatic carbocycles. The van der Waals surface area contributed by atoms with E-state index in [-0.39, 0.29) is 30.4 Å². The zero-order valence-electron chi connectivity index (χ0n) is 19.4. The van der Waals surface area contributed by atoms with Crippen LogP contribution in [0.2, 0.25) is 0 Å². The predicted octanol–water partition coefficient (Wildman–Crippen LogP) is 6.72. The second-order valence-corrected chi connectivity index (χ2v) is 7.54. The second kappa shape index (κ2) is 12.1. The van der Waals surface area contributed by atoms with E-state index in [0.717, 1.165) is 5.56 Å². The summed E-state index contributed by atoms with van der Waals surface area (Å²) in [5.41, 5.74) is -1.96. The van der Waals surface area contributed by atoms with Gasteiger partial charge in [-0.05, 0) is 73.9 Å². The number of carbonyl (C=O) groups is 1. The SMILES string of the molecule is CCOC(=O)C(Cc1ccc(OCC=C(C)c2cc(C(F)(F)F)cc(C(F)(F)F)c2)cc1)OCC. The van der Waals surface area contributed by atoms with Gasteiger partial charge in [-0.3, -0.25) is 0 Å². The fourth-order valence-electron chi connectivity index (χ4n) is 3.15. The van der Waals surface area contributed by atoms with Crippen LogP contribution >= 0.6 is 0 Å². The number of benzene rings is 2. The monoisotopic (exact) mass is 504 g/mol. The molecule has 0 fully saturated rings. The van der Waals surface area contributed by atoms with Crippen LogP contribution in [0.15, 0.2) is 48.5 Å². The minimum absolute atomic E-state index is 0.0762. The average Bonchev–Trinajstić information content (AvgIpc) is 2.78. The van der Waals surface area contributed by atoms with Crippen molar-refractivity contribution in [1.29, 1.82) is 0 Å². The molecule has 0 radical (unpaired) electrons. The van der Waals surface area contributed by atoms with Crippen LogP contribution in [0.1, 0.15) is 43.0 Å². The van der Waals surface area contributed by atoms with E-state index in [9.17, 15) is 31.1 Å². The normalized spacial score (nSPS) is 13.5. The highest BCUT2D eigenvalue weighted by Crippen LogP contribution is 2.37. The lowest BCUT2D eigenvalue weighted by Gasteiger charge is -2.16. The molecule has 0 aliphatic rings. The number of halogens is 6. The number of hydrogen-bond acceptors (Lipinski definition) is 4. The summed E-state index contributed by atoms with van der Waals surface area (Å²) in [6.07, 6.45) is -8.88. The Morgan fingerprint density at radius 1 is 0.914 bits per heavy atom. The molecule has 2 rings (SSSR count). The number of rotatable bonds is 10. The largest absolute Gasteiger partial charge is 0.490 e. The molecule has 0 spiro atoms. The van der Waals surface area contributed by atoms with Crippen molar-refractivity contribution in [1.82, 2.24) is 0 Å². The molecule has 0 saturated heterocycles. The topological polar surface area (TPSA) is 44.8 Å². The van der Waals surface area contributed by atoms with Gasteiger partial charge < -0.3 is 14.2 Å². The van der Waals surface area contributed by atoms with E-state index < -0.39 is 35.6 Å². The van der Waals surface area contributed by atoms with Gasteiger partial charge in [-0.25, -0.2) is 4.79 Å². The van der Waals surface area contributed by atoms with Crippen LogP contribution in [0, 0.1) is 0 Å². The van der Waals surface area contributed by atoms with Crippen molar-refractivity contribution in [2.75, 3.05) is 19.8 Å². The molecule has 1 unspecified atom stereocenters. The van der Waals surface area contributed by atoms with Crippen LogP contribution < -0.4 is 4.74 Å². The Morgan fingerprint density at radius 2 is 1.49 bits per heavy atom. The van der Waals surface area contributed by atoms with Crippen LogP contribution in [-0.4, -0.2) is 31.9 Å². The first-order valence-electron chi connectivity index (χ1n) is 10.8. The molecule has 10 heteroatoms. The van der Waals surface area contributed by atoms with Gasteiger partial charge in [-0.15, -0.1) is 0 Å². The van der Waals surface area contributed by atoms with Crippen LogP contribution in [0.3, 0.4) is 0 Å². The smallest absolute Gasteiger partial charge is 0.416 e. The third-order valence-corrected chi connectivity index (χ3v) is 4.94. The number of allylic oxidation sites excluding steroid dienone is 1. The lowest BCUT2D eigenvalue weighted by Crippen LogP contribution is -2.28. The van der Waals surface area contributed by atoms with E-state index in [1.807, 2.05) is 0 Å². The van der Waals surface area contributed by atoms with E-state index in [4.69, 9.17) is 14.2 Å². The summed E-state index contributed by atoms with van der Waals surface area (Å²) in [5.74, 6) is -0.0273. The van der Waals surface area contributed by atoms with Crippen molar-refractivity contribution in [2.45, 2.75) is 45.6 Å². The van der Waals surface area contributed by atoms with Crippen LogP contribution in [0.5, 0.6) is 5.75 Å². The Balaban J connectivity index is 2.09. The molecule has 0 aromatic heterocycles. The zero-order chi connectivity index (χ0) is 26.2. The molecule has 2 aromatic rings. The van der Waals surface area contributed by atoms with Crippen molar-refractivity contribution < 1.29 is 45.3 Å². The van der Waals surface area contributed by atoms with Crippen molar-refractivity contribution in [3.63, 3.8) is 0 Å². The number of ether oxygens (including phenoxy) is 3. The maximum atomic E-state index is 13.1. The number of esters is 1. The van der Waals surface area contributed by atoms with Gasteiger partial charge in [0, 0.05) is 13.0 Å². The maximum absolute atomic E-state index is 13.1. The van der Waals surface area contributed by atoms with Gasteiger partial charge in [-0.1, -0.05) is 12.1 Å². The number of alkyl halides is 6. The summed E-state index contributed by atoms with van der Waals surface area (Å²) in [6, 6.07) is 8.16. The summed E-state index contributed by atoms with van der Waals surface area (Å²) >= 11 is 0. The first kappa shape index (κ1) is 28.2. The Hall–Kier alpha value is -3.01. The first-order chi connectivity index (χ1) is 16.3. The Labute approximate surface area is 199 Å².